The number of hydrogen-bond acceptors (Lipinski definition) is 2. The Hall–Kier alpha value is -2.29. The van der Waals surface area contributed by atoms with Gasteiger partial charge in [-0.3, -0.25) is 4.79 Å². The highest BCUT2D eigenvalue weighted by atomic mass is 16.5. The number of benzene rings is 2. The third-order valence-corrected chi connectivity index (χ3v) is 3.69. The minimum atomic E-state index is -0.0122. The highest BCUT2D eigenvalue weighted by Gasteiger charge is 2.07. The van der Waals surface area contributed by atoms with Gasteiger partial charge >= 0.3 is 0 Å². The van der Waals surface area contributed by atoms with Gasteiger partial charge in [0.05, 0.1) is 13.5 Å². The summed E-state index contributed by atoms with van der Waals surface area (Å²) in [6.07, 6.45) is 0.358. The van der Waals surface area contributed by atoms with Crippen molar-refractivity contribution in [1.82, 2.24) is 0 Å². The average Bonchev–Trinajstić information content (AvgIpc) is 2.48. The third kappa shape index (κ3) is 4.10. The molecule has 116 valence electrons. The molecular formula is C19H23NO2. The summed E-state index contributed by atoms with van der Waals surface area (Å²) in [6, 6.07) is 13.8. The summed E-state index contributed by atoms with van der Waals surface area (Å²) < 4.78 is 5.23. The van der Waals surface area contributed by atoms with Crippen LogP contribution < -0.4 is 10.1 Å². The van der Waals surface area contributed by atoms with Crippen molar-refractivity contribution >= 4 is 11.6 Å². The van der Waals surface area contributed by atoms with Crippen LogP contribution in [0, 0.1) is 6.92 Å². The molecule has 0 bridgehead atoms. The van der Waals surface area contributed by atoms with Crippen molar-refractivity contribution in [3.8, 4) is 5.75 Å². The SMILES string of the molecule is COc1ccc(CC(=O)Nc2ccc(C(C)C)cc2)cc1C. The van der Waals surface area contributed by atoms with Crippen molar-refractivity contribution in [2.45, 2.75) is 33.1 Å². The standard InChI is InChI=1S/C19H23NO2/c1-13(2)16-6-8-17(9-7-16)20-19(21)12-15-5-10-18(22-4)14(3)11-15/h5-11,13H,12H2,1-4H3,(H,20,21). The molecule has 3 nitrogen and oxygen atoms in total. The zero-order valence-corrected chi connectivity index (χ0v) is 13.6. The molecule has 0 aliphatic carbocycles. The van der Waals surface area contributed by atoms with Crippen molar-refractivity contribution in [3.63, 3.8) is 0 Å². The lowest BCUT2D eigenvalue weighted by Crippen LogP contribution is -2.14. The molecule has 0 saturated carbocycles. The van der Waals surface area contributed by atoms with Crippen molar-refractivity contribution in [2.24, 2.45) is 0 Å². The summed E-state index contributed by atoms with van der Waals surface area (Å²) in [7, 11) is 1.65. The van der Waals surface area contributed by atoms with Gasteiger partial charge in [-0.2, -0.15) is 0 Å². The van der Waals surface area contributed by atoms with Crippen LogP contribution in [0.2, 0.25) is 0 Å². The van der Waals surface area contributed by atoms with Gasteiger partial charge in [0.2, 0.25) is 5.91 Å². The fourth-order valence-electron chi connectivity index (χ4n) is 2.39. The number of nitrogens with one attached hydrogen (secondary N) is 1. The lowest BCUT2D eigenvalue weighted by Gasteiger charge is -2.10. The summed E-state index contributed by atoms with van der Waals surface area (Å²) in [6.45, 7) is 6.28. The van der Waals surface area contributed by atoms with E-state index in [2.05, 4.69) is 31.3 Å². The van der Waals surface area contributed by atoms with Gasteiger partial charge < -0.3 is 10.1 Å². The molecule has 22 heavy (non-hydrogen) atoms. The molecule has 0 heterocycles. The van der Waals surface area contributed by atoms with Crippen LogP contribution in [0.25, 0.3) is 0 Å². The molecule has 0 spiro atoms. The Morgan fingerprint density at radius 3 is 2.36 bits per heavy atom. The summed E-state index contributed by atoms with van der Waals surface area (Å²) in [5.74, 6) is 1.32. The maximum Gasteiger partial charge on any atom is 0.228 e. The van der Waals surface area contributed by atoms with E-state index in [4.69, 9.17) is 4.74 Å². The summed E-state index contributed by atoms with van der Waals surface area (Å²) in [4.78, 5) is 12.1. The molecule has 0 radical (unpaired) electrons. The molecule has 1 N–H and O–H groups in total. The second-order valence-electron chi connectivity index (χ2n) is 5.81. The lowest BCUT2D eigenvalue weighted by molar-refractivity contribution is -0.115. The number of hydrogen-bond donors (Lipinski definition) is 1. The van der Waals surface area contributed by atoms with Crippen molar-refractivity contribution in [1.29, 1.82) is 0 Å². The Morgan fingerprint density at radius 1 is 1.14 bits per heavy atom. The van der Waals surface area contributed by atoms with Gasteiger partial charge in [-0.05, 0) is 47.7 Å². The Bertz CT molecular complexity index is 645. The molecule has 0 aliphatic rings. The molecule has 0 saturated heterocycles. The van der Waals surface area contributed by atoms with Crippen LogP contribution in [0.1, 0.15) is 36.5 Å². The fraction of sp³-hybridized carbons (Fsp3) is 0.316. The number of carbonyl (C=O) groups excluding carboxylic acids is 1. The van der Waals surface area contributed by atoms with E-state index in [1.54, 1.807) is 7.11 Å². The lowest BCUT2D eigenvalue weighted by atomic mass is 10.0. The first kappa shape index (κ1) is 16.1. The molecule has 0 fully saturated rings. The zero-order chi connectivity index (χ0) is 16.1. The first-order valence-corrected chi connectivity index (χ1v) is 7.53. The van der Waals surface area contributed by atoms with E-state index in [9.17, 15) is 4.79 Å². The highest BCUT2D eigenvalue weighted by Crippen LogP contribution is 2.20. The molecule has 0 aliphatic heterocycles. The van der Waals surface area contributed by atoms with E-state index in [1.165, 1.54) is 5.56 Å². The van der Waals surface area contributed by atoms with Gasteiger partial charge in [0.25, 0.3) is 0 Å². The van der Waals surface area contributed by atoms with Gasteiger partial charge in [-0.25, -0.2) is 0 Å². The van der Waals surface area contributed by atoms with Gasteiger partial charge in [-0.1, -0.05) is 38.1 Å². The second-order valence-corrected chi connectivity index (χ2v) is 5.81. The van der Waals surface area contributed by atoms with Crippen LogP contribution in [0.4, 0.5) is 5.69 Å². The van der Waals surface area contributed by atoms with Crippen LogP contribution in [-0.2, 0) is 11.2 Å². The number of carbonyl (C=O) groups is 1. The Labute approximate surface area is 132 Å². The number of methoxy groups -OCH3 is 1. The van der Waals surface area contributed by atoms with E-state index >= 15 is 0 Å². The minimum Gasteiger partial charge on any atom is -0.496 e. The van der Waals surface area contributed by atoms with E-state index in [0.29, 0.717) is 12.3 Å². The van der Waals surface area contributed by atoms with Gasteiger partial charge in [0.1, 0.15) is 5.75 Å². The maximum absolute atomic E-state index is 12.1. The molecule has 1 amide bonds. The molecular weight excluding hydrogens is 274 g/mol. The average molecular weight is 297 g/mol. The van der Waals surface area contributed by atoms with Crippen LogP contribution in [-0.4, -0.2) is 13.0 Å². The van der Waals surface area contributed by atoms with E-state index < -0.39 is 0 Å². The van der Waals surface area contributed by atoms with Crippen LogP contribution >= 0.6 is 0 Å². The Kier molecular flexibility index (Phi) is 5.21. The predicted molar refractivity (Wildman–Crippen MR) is 90.6 cm³/mol. The van der Waals surface area contributed by atoms with E-state index in [0.717, 1.165) is 22.6 Å². The summed E-state index contributed by atoms with van der Waals surface area (Å²) in [5.41, 5.74) is 4.12. The Balaban J connectivity index is 1.99. The first-order valence-electron chi connectivity index (χ1n) is 7.53. The van der Waals surface area contributed by atoms with E-state index in [1.807, 2.05) is 37.3 Å². The minimum absolute atomic E-state index is 0.0122. The van der Waals surface area contributed by atoms with Crippen LogP contribution in [0.3, 0.4) is 0 Å². The molecule has 0 atom stereocenters. The molecule has 3 heteroatoms. The van der Waals surface area contributed by atoms with Crippen molar-refractivity contribution in [2.75, 3.05) is 12.4 Å². The number of aryl methyl sites for hydroxylation is 1. The number of anilines is 1. The predicted octanol–water partition coefficient (Wildman–Crippen LogP) is 4.31. The van der Waals surface area contributed by atoms with Crippen molar-refractivity contribution in [3.05, 3.63) is 59.2 Å². The molecule has 0 aromatic heterocycles. The van der Waals surface area contributed by atoms with Crippen LogP contribution in [0.15, 0.2) is 42.5 Å². The second kappa shape index (κ2) is 7.12. The summed E-state index contributed by atoms with van der Waals surface area (Å²) in [5, 5.41) is 2.93. The summed E-state index contributed by atoms with van der Waals surface area (Å²) >= 11 is 0. The topological polar surface area (TPSA) is 38.3 Å². The molecule has 0 unspecified atom stereocenters. The maximum atomic E-state index is 12.1. The number of rotatable bonds is 5. The quantitative estimate of drug-likeness (QED) is 0.893. The molecule has 2 rings (SSSR count). The largest absolute Gasteiger partial charge is 0.496 e. The third-order valence-electron chi connectivity index (χ3n) is 3.69. The highest BCUT2D eigenvalue weighted by molar-refractivity contribution is 5.92. The van der Waals surface area contributed by atoms with Gasteiger partial charge in [-0.15, -0.1) is 0 Å². The number of ether oxygens (including phenoxy) is 1. The van der Waals surface area contributed by atoms with E-state index in [-0.39, 0.29) is 5.91 Å². The first-order chi connectivity index (χ1) is 10.5. The fourth-order valence-corrected chi connectivity index (χ4v) is 2.39. The Morgan fingerprint density at radius 2 is 1.82 bits per heavy atom. The number of amides is 1. The zero-order valence-electron chi connectivity index (χ0n) is 13.6. The monoisotopic (exact) mass is 297 g/mol. The van der Waals surface area contributed by atoms with Gasteiger partial charge in [0.15, 0.2) is 0 Å². The van der Waals surface area contributed by atoms with Gasteiger partial charge in [0, 0.05) is 5.69 Å². The normalized spacial score (nSPS) is 10.6. The van der Waals surface area contributed by atoms with Crippen LogP contribution in [0.5, 0.6) is 5.75 Å². The van der Waals surface area contributed by atoms with Crippen molar-refractivity contribution < 1.29 is 9.53 Å². The molecule has 2 aromatic carbocycles. The molecule has 2 aromatic rings. The smallest absolute Gasteiger partial charge is 0.228 e.